The highest BCUT2D eigenvalue weighted by atomic mass is 16.1. The lowest BCUT2D eigenvalue weighted by atomic mass is 10.3. The number of hydrogen-bond acceptors (Lipinski definition) is 3. The van der Waals surface area contributed by atoms with Crippen LogP contribution in [0.3, 0.4) is 0 Å². The molecule has 1 amide bonds. The van der Waals surface area contributed by atoms with Crippen LogP contribution < -0.4 is 5.73 Å². The summed E-state index contributed by atoms with van der Waals surface area (Å²) in [5.74, 6) is -0.502. The Balaban J connectivity index is 2.66. The first-order valence-electron chi connectivity index (χ1n) is 3.43. The minimum Gasteiger partial charge on any atom is -0.366 e. The van der Waals surface area contributed by atoms with Crippen molar-refractivity contribution in [1.82, 2.24) is 9.78 Å². The standard InChI is InChI=1S/C7H8N4O/c8-2-1-3-11-5-6(4-10-11)7(9)12/h4-5H,1,3H2,(H2,9,12). The van der Waals surface area contributed by atoms with Crippen molar-refractivity contribution in [3.63, 3.8) is 0 Å². The summed E-state index contributed by atoms with van der Waals surface area (Å²) in [5.41, 5.74) is 5.37. The monoisotopic (exact) mass is 164 g/mol. The SMILES string of the molecule is N#CCCn1cc(C(N)=O)cn1. The third-order valence-electron chi connectivity index (χ3n) is 1.37. The summed E-state index contributed by atoms with van der Waals surface area (Å²) in [6.07, 6.45) is 3.29. The van der Waals surface area contributed by atoms with Gasteiger partial charge in [-0.1, -0.05) is 0 Å². The van der Waals surface area contributed by atoms with Crippen molar-refractivity contribution in [2.45, 2.75) is 13.0 Å². The van der Waals surface area contributed by atoms with Gasteiger partial charge in [-0.15, -0.1) is 0 Å². The predicted molar refractivity (Wildman–Crippen MR) is 41.0 cm³/mol. The Morgan fingerprint density at radius 1 is 1.83 bits per heavy atom. The second-order valence-corrected chi connectivity index (χ2v) is 2.26. The molecule has 1 aromatic heterocycles. The summed E-state index contributed by atoms with van der Waals surface area (Å²) in [6, 6.07) is 1.98. The number of aromatic nitrogens is 2. The van der Waals surface area contributed by atoms with E-state index >= 15 is 0 Å². The minimum absolute atomic E-state index is 0.368. The molecular formula is C7H8N4O. The Kier molecular flexibility index (Phi) is 2.43. The van der Waals surface area contributed by atoms with E-state index in [0.717, 1.165) is 0 Å². The summed E-state index contributed by atoms with van der Waals surface area (Å²) in [4.78, 5) is 10.6. The van der Waals surface area contributed by atoms with E-state index in [2.05, 4.69) is 5.10 Å². The van der Waals surface area contributed by atoms with Crippen molar-refractivity contribution in [3.8, 4) is 6.07 Å². The van der Waals surface area contributed by atoms with Gasteiger partial charge in [0, 0.05) is 6.20 Å². The van der Waals surface area contributed by atoms with Crippen molar-refractivity contribution in [2.75, 3.05) is 0 Å². The van der Waals surface area contributed by atoms with Crippen LogP contribution in [-0.2, 0) is 6.54 Å². The molecule has 1 rings (SSSR count). The molecule has 62 valence electrons. The van der Waals surface area contributed by atoms with E-state index in [4.69, 9.17) is 11.0 Å². The maximum absolute atomic E-state index is 10.6. The van der Waals surface area contributed by atoms with Crippen LogP contribution in [0.25, 0.3) is 0 Å². The Bertz CT molecular complexity index is 322. The number of aryl methyl sites for hydroxylation is 1. The van der Waals surface area contributed by atoms with Gasteiger partial charge in [0.05, 0.1) is 30.8 Å². The average Bonchev–Trinajstić information content (AvgIpc) is 2.48. The van der Waals surface area contributed by atoms with Crippen molar-refractivity contribution in [3.05, 3.63) is 18.0 Å². The first-order chi connectivity index (χ1) is 5.74. The molecule has 5 nitrogen and oxygen atoms in total. The number of carbonyl (C=O) groups excluding carboxylic acids is 1. The normalized spacial score (nSPS) is 9.25. The van der Waals surface area contributed by atoms with E-state index < -0.39 is 5.91 Å². The smallest absolute Gasteiger partial charge is 0.251 e. The lowest BCUT2D eigenvalue weighted by Gasteiger charge is -1.92. The van der Waals surface area contributed by atoms with Crippen LogP contribution in [-0.4, -0.2) is 15.7 Å². The van der Waals surface area contributed by atoms with Crippen LogP contribution in [0, 0.1) is 11.3 Å². The third-order valence-corrected chi connectivity index (χ3v) is 1.37. The van der Waals surface area contributed by atoms with Gasteiger partial charge in [0.25, 0.3) is 5.91 Å². The number of primary amides is 1. The van der Waals surface area contributed by atoms with Gasteiger partial charge in [0.15, 0.2) is 0 Å². The van der Waals surface area contributed by atoms with Crippen LogP contribution in [0.15, 0.2) is 12.4 Å². The fraction of sp³-hybridized carbons (Fsp3) is 0.286. The molecule has 0 fully saturated rings. The maximum Gasteiger partial charge on any atom is 0.251 e. The van der Waals surface area contributed by atoms with Gasteiger partial charge in [-0.25, -0.2) is 0 Å². The fourth-order valence-corrected chi connectivity index (χ4v) is 0.778. The lowest BCUT2D eigenvalue weighted by Crippen LogP contribution is -2.09. The van der Waals surface area contributed by atoms with Crippen molar-refractivity contribution < 1.29 is 4.79 Å². The summed E-state index contributed by atoms with van der Waals surface area (Å²) in [6.45, 7) is 0.490. The van der Waals surface area contributed by atoms with Gasteiger partial charge in [0.1, 0.15) is 0 Å². The van der Waals surface area contributed by atoms with E-state index in [1.807, 2.05) is 6.07 Å². The summed E-state index contributed by atoms with van der Waals surface area (Å²) < 4.78 is 1.52. The van der Waals surface area contributed by atoms with Crippen molar-refractivity contribution in [1.29, 1.82) is 5.26 Å². The molecule has 1 heterocycles. The maximum atomic E-state index is 10.6. The number of nitriles is 1. The average molecular weight is 164 g/mol. The molecule has 5 heteroatoms. The van der Waals surface area contributed by atoms with Crippen LogP contribution in [0.4, 0.5) is 0 Å². The number of carbonyl (C=O) groups is 1. The quantitative estimate of drug-likeness (QED) is 0.676. The van der Waals surface area contributed by atoms with Gasteiger partial charge >= 0.3 is 0 Å². The number of amides is 1. The zero-order chi connectivity index (χ0) is 8.97. The molecule has 0 aromatic carbocycles. The van der Waals surface area contributed by atoms with E-state index in [1.165, 1.54) is 17.1 Å². The number of hydrogen-bond donors (Lipinski definition) is 1. The molecule has 0 unspecified atom stereocenters. The number of nitrogens with zero attached hydrogens (tertiary/aromatic N) is 3. The zero-order valence-corrected chi connectivity index (χ0v) is 6.40. The molecule has 0 saturated heterocycles. The van der Waals surface area contributed by atoms with Crippen molar-refractivity contribution >= 4 is 5.91 Å². The zero-order valence-electron chi connectivity index (χ0n) is 6.40. The minimum atomic E-state index is -0.502. The van der Waals surface area contributed by atoms with E-state index in [1.54, 1.807) is 0 Å². The predicted octanol–water partition coefficient (Wildman–Crippen LogP) is -0.104. The summed E-state index contributed by atoms with van der Waals surface area (Å²) in [5, 5.41) is 12.1. The second kappa shape index (κ2) is 3.53. The molecule has 0 bridgehead atoms. The molecule has 0 aliphatic carbocycles. The molecule has 0 aliphatic heterocycles. The molecular weight excluding hydrogens is 156 g/mol. The van der Waals surface area contributed by atoms with E-state index in [9.17, 15) is 4.79 Å². The Hall–Kier alpha value is -1.83. The van der Waals surface area contributed by atoms with E-state index in [-0.39, 0.29) is 0 Å². The van der Waals surface area contributed by atoms with Crippen LogP contribution in [0.5, 0.6) is 0 Å². The Labute approximate surface area is 69.4 Å². The van der Waals surface area contributed by atoms with Gasteiger partial charge in [0.2, 0.25) is 0 Å². The fourth-order valence-electron chi connectivity index (χ4n) is 0.778. The highest BCUT2D eigenvalue weighted by Gasteiger charge is 2.02. The van der Waals surface area contributed by atoms with Gasteiger partial charge in [-0.3, -0.25) is 9.48 Å². The Morgan fingerprint density at radius 3 is 3.08 bits per heavy atom. The van der Waals surface area contributed by atoms with Gasteiger partial charge in [-0.2, -0.15) is 10.4 Å². The molecule has 0 saturated carbocycles. The van der Waals surface area contributed by atoms with Crippen molar-refractivity contribution in [2.24, 2.45) is 5.73 Å². The molecule has 0 atom stereocenters. The second-order valence-electron chi connectivity index (χ2n) is 2.26. The van der Waals surface area contributed by atoms with Crippen LogP contribution >= 0.6 is 0 Å². The topological polar surface area (TPSA) is 84.7 Å². The van der Waals surface area contributed by atoms with Crippen LogP contribution in [0.2, 0.25) is 0 Å². The molecule has 2 N–H and O–H groups in total. The first-order valence-corrected chi connectivity index (χ1v) is 3.43. The van der Waals surface area contributed by atoms with Gasteiger partial charge < -0.3 is 5.73 Å². The van der Waals surface area contributed by atoms with E-state index in [0.29, 0.717) is 18.5 Å². The molecule has 12 heavy (non-hydrogen) atoms. The highest BCUT2D eigenvalue weighted by molar-refractivity contribution is 5.92. The Morgan fingerprint density at radius 2 is 2.58 bits per heavy atom. The summed E-state index contributed by atoms with van der Waals surface area (Å²) in [7, 11) is 0. The molecule has 0 aliphatic rings. The lowest BCUT2D eigenvalue weighted by molar-refractivity contribution is 0.1000. The molecule has 0 radical (unpaired) electrons. The number of nitrogens with two attached hydrogens (primary N) is 1. The van der Waals surface area contributed by atoms with Gasteiger partial charge in [-0.05, 0) is 0 Å². The van der Waals surface area contributed by atoms with Crippen LogP contribution in [0.1, 0.15) is 16.8 Å². The number of rotatable bonds is 3. The molecule has 0 spiro atoms. The third kappa shape index (κ3) is 1.83. The summed E-state index contributed by atoms with van der Waals surface area (Å²) >= 11 is 0. The largest absolute Gasteiger partial charge is 0.366 e. The first kappa shape index (κ1) is 8.27. The molecule has 1 aromatic rings. The highest BCUT2D eigenvalue weighted by Crippen LogP contribution is 1.96.